The molecule has 0 spiro atoms. The standard InChI is InChI=1S/C14H11Cl2NO2S/c15-9-2-1-3-10(16)12(9)13-8(6-11(18)19)14(20-17-13)7-4-5-7/h1-3,7H,4-6H2,(H,18,19). The number of aliphatic carboxylic acids is 1. The van der Waals surface area contributed by atoms with Crippen LogP contribution >= 0.6 is 34.7 Å². The van der Waals surface area contributed by atoms with E-state index in [0.717, 1.165) is 23.3 Å². The smallest absolute Gasteiger partial charge is 0.307 e. The Morgan fingerprint density at radius 2 is 2.00 bits per heavy atom. The maximum atomic E-state index is 11.1. The Hall–Kier alpha value is -1.10. The highest BCUT2D eigenvalue weighted by atomic mass is 35.5. The van der Waals surface area contributed by atoms with Crippen LogP contribution in [-0.4, -0.2) is 15.4 Å². The summed E-state index contributed by atoms with van der Waals surface area (Å²) in [6, 6.07) is 5.24. The number of carboxylic acids is 1. The SMILES string of the molecule is O=C(O)Cc1c(-c2c(Cl)cccc2Cl)nsc1C1CC1. The molecule has 1 aromatic heterocycles. The van der Waals surface area contributed by atoms with Crippen LogP contribution in [0.15, 0.2) is 18.2 Å². The second kappa shape index (κ2) is 5.35. The van der Waals surface area contributed by atoms with Crippen molar-refractivity contribution in [1.82, 2.24) is 4.37 Å². The van der Waals surface area contributed by atoms with Gasteiger partial charge < -0.3 is 5.11 Å². The average molecular weight is 328 g/mol. The Morgan fingerprint density at radius 3 is 2.55 bits per heavy atom. The van der Waals surface area contributed by atoms with E-state index in [1.807, 2.05) is 0 Å². The van der Waals surface area contributed by atoms with Crippen molar-refractivity contribution in [2.75, 3.05) is 0 Å². The van der Waals surface area contributed by atoms with Crippen LogP contribution in [0.2, 0.25) is 10.0 Å². The lowest BCUT2D eigenvalue weighted by atomic mass is 10.0. The minimum Gasteiger partial charge on any atom is -0.481 e. The molecule has 6 heteroatoms. The number of benzene rings is 1. The summed E-state index contributed by atoms with van der Waals surface area (Å²) in [5.41, 5.74) is 2.02. The normalized spacial score (nSPS) is 14.5. The number of hydrogen-bond donors (Lipinski definition) is 1. The fourth-order valence-corrected chi connectivity index (χ4v) is 3.86. The molecule has 1 aliphatic rings. The van der Waals surface area contributed by atoms with Crippen LogP contribution in [-0.2, 0) is 11.2 Å². The van der Waals surface area contributed by atoms with Crippen molar-refractivity contribution in [2.45, 2.75) is 25.2 Å². The Balaban J connectivity index is 2.15. The third-order valence-corrected chi connectivity index (χ3v) is 4.97. The van der Waals surface area contributed by atoms with Crippen LogP contribution in [0.25, 0.3) is 11.3 Å². The monoisotopic (exact) mass is 327 g/mol. The third kappa shape index (κ3) is 2.55. The van der Waals surface area contributed by atoms with Crippen LogP contribution in [0, 0.1) is 0 Å². The zero-order valence-corrected chi connectivity index (χ0v) is 12.7. The van der Waals surface area contributed by atoms with Crippen molar-refractivity contribution in [1.29, 1.82) is 0 Å². The third-order valence-electron chi connectivity index (χ3n) is 3.29. The quantitative estimate of drug-likeness (QED) is 0.891. The first kappa shape index (κ1) is 13.9. The number of carboxylic acid groups (broad SMARTS) is 1. The molecule has 1 saturated carbocycles. The topological polar surface area (TPSA) is 50.2 Å². The molecular formula is C14H11Cl2NO2S. The maximum Gasteiger partial charge on any atom is 0.307 e. The van der Waals surface area contributed by atoms with Gasteiger partial charge in [0.05, 0.1) is 22.2 Å². The van der Waals surface area contributed by atoms with Crippen LogP contribution in [0.1, 0.15) is 29.2 Å². The molecule has 3 nitrogen and oxygen atoms in total. The fourth-order valence-electron chi connectivity index (χ4n) is 2.23. The van der Waals surface area contributed by atoms with E-state index in [-0.39, 0.29) is 6.42 Å². The number of rotatable bonds is 4. The van der Waals surface area contributed by atoms with E-state index in [0.29, 0.717) is 27.2 Å². The summed E-state index contributed by atoms with van der Waals surface area (Å²) in [5, 5.41) is 10.1. The molecule has 0 atom stereocenters. The minimum absolute atomic E-state index is 0.0424. The Kier molecular flexibility index (Phi) is 3.71. The highest BCUT2D eigenvalue weighted by molar-refractivity contribution is 7.06. The largest absolute Gasteiger partial charge is 0.481 e. The van der Waals surface area contributed by atoms with Crippen LogP contribution in [0.4, 0.5) is 0 Å². The zero-order chi connectivity index (χ0) is 14.3. The van der Waals surface area contributed by atoms with Gasteiger partial charge in [-0.05, 0) is 42.4 Å². The van der Waals surface area contributed by atoms with Gasteiger partial charge >= 0.3 is 5.97 Å². The van der Waals surface area contributed by atoms with Gasteiger partial charge in [-0.15, -0.1) is 0 Å². The highest BCUT2D eigenvalue weighted by Gasteiger charge is 2.31. The van der Waals surface area contributed by atoms with Crippen molar-refractivity contribution in [3.05, 3.63) is 38.7 Å². The lowest BCUT2D eigenvalue weighted by Crippen LogP contribution is -2.03. The van der Waals surface area contributed by atoms with E-state index in [1.165, 1.54) is 11.5 Å². The van der Waals surface area contributed by atoms with Crippen molar-refractivity contribution in [3.8, 4) is 11.3 Å². The number of hydrogen-bond acceptors (Lipinski definition) is 3. The van der Waals surface area contributed by atoms with Crippen molar-refractivity contribution < 1.29 is 9.90 Å². The molecule has 3 rings (SSSR count). The summed E-state index contributed by atoms with van der Waals surface area (Å²) in [6.45, 7) is 0. The van der Waals surface area contributed by atoms with Crippen LogP contribution in [0.5, 0.6) is 0 Å². The molecule has 0 amide bonds. The second-order valence-electron chi connectivity index (χ2n) is 4.82. The number of aromatic nitrogens is 1. The molecule has 2 aromatic rings. The van der Waals surface area contributed by atoms with Gasteiger partial charge in [-0.3, -0.25) is 4.79 Å². The molecule has 0 unspecified atom stereocenters. The molecule has 1 aliphatic carbocycles. The molecular weight excluding hydrogens is 317 g/mol. The van der Waals surface area contributed by atoms with Gasteiger partial charge in [-0.25, -0.2) is 0 Å². The minimum atomic E-state index is -0.864. The Bertz CT molecular complexity index is 660. The van der Waals surface area contributed by atoms with Gasteiger partial charge in [-0.1, -0.05) is 29.3 Å². The van der Waals surface area contributed by atoms with Crippen molar-refractivity contribution in [2.24, 2.45) is 0 Å². The summed E-state index contributed by atoms with van der Waals surface area (Å²) >= 11 is 13.8. The van der Waals surface area contributed by atoms with Gasteiger partial charge in [0.15, 0.2) is 0 Å². The summed E-state index contributed by atoms with van der Waals surface area (Å²) in [5.74, 6) is -0.409. The van der Waals surface area contributed by atoms with Gasteiger partial charge in [0.1, 0.15) is 0 Å². The number of nitrogens with zero attached hydrogens (tertiary/aromatic N) is 1. The molecule has 0 saturated heterocycles. The molecule has 1 N–H and O–H groups in total. The molecule has 0 bridgehead atoms. The summed E-state index contributed by atoms with van der Waals surface area (Å²) in [7, 11) is 0. The van der Waals surface area contributed by atoms with E-state index < -0.39 is 5.97 Å². The predicted molar refractivity (Wildman–Crippen MR) is 80.9 cm³/mol. The highest BCUT2D eigenvalue weighted by Crippen LogP contribution is 2.47. The molecule has 104 valence electrons. The predicted octanol–water partition coefficient (Wildman–Crippen LogP) is 4.62. The maximum absolute atomic E-state index is 11.1. The zero-order valence-electron chi connectivity index (χ0n) is 10.4. The Labute approximate surface area is 130 Å². The molecule has 1 aromatic carbocycles. The molecule has 1 fully saturated rings. The van der Waals surface area contributed by atoms with Gasteiger partial charge in [0.25, 0.3) is 0 Å². The molecule has 0 aliphatic heterocycles. The van der Waals surface area contributed by atoms with Crippen LogP contribution < -0.4 is 0 Å². The molecule has 20 heavy (non-hydrogen) atoms. The molecule has 1 heterocycles. The van der Waals surface area contributed by atoms with Crippen molar-refractivity contribution in [3.63, 3.8) is 0 Å². The average Bonchev–Trinajstić information content (AvgIpc) is 3.13. The van der Waals surface area contributed by atoms with Gasteiger partial charge in [-0.2, -0.15) is 4.37 Å². The van der Waals surface area contributed by atoms with Crippen LogP contribution in [0.3, 0.4) is 0 Å². The van der Waals surface area contributed by atoms with Gasteiger partial charge in [0, 0.05) is 16.0 Å². The summed E-state index contributed by atoms with van der Waals surface area (Å²) in [6.07, 6.45) is 2.16. The Morgan fingerprint density at radius 1 is 1.35 bits per heavy atom. The number of halogens is 2. The van der Waals surface area contributed by atoms with E-state index in [1.54, 1.807) is 18.2 Å². The number of carbonyl (C=O) groups is 1. The van der Waals surface area contributed by atoms with E-state index in [9.17, 15) is 4.79 Å². The fraction of sp³-hybridized carbons (Fsp3) is 0.286. The summed E-state index contributed by atoms with van der Waals surface area (Å²) in [4.78, 5) is 12.2. The van der Waals surface area contributed by atoms with E-state index >= 15 is 0 Å². The van der Waals surface area contributed by atoms with E-state index in [4.69, 9.17) is 28.3 Å². The lowest BCUT2D eigenvalue weighted by molar-refractivity contribution is -0.136. The van der Waals surface area contributed by atoms with Gasteiger partial charge in [0.2, 0.25) is 0 Å². The molecule has 0 radical (unpaired) electrons. The lowest BCUT2D eigenvalue weighted by Gasteiger charge is -2.07. The van der Waals surface area contributed by atoms with Crippen molar-refractivity contribution >= 4 is 40.7 Å². The van der Waals surface area contributed by atoms with E-state index in [2.05, 4.69) is 4.37 Å². The second-order valence-corrected chi connectivity index (χ2v) is 6.43. The first-order valence-corrected chi connectivity index (χ1v) is 7.75. The first-order chi connectivity index (χ1) is 9.58. The first-order valence-electron chi connectivity index (χ1n) is 6.22. The summed E-state index contributed by atoms with van der Waals surface area (Å²) < 4.78 is 4.43.